The van der Waals surface area contributed by atoms with E-state index in [4.69, 9.17) is 4.74 Å². The van der Waals surface area contributed by atoms with Gasteiger partial charge in [0, 0.05) is 19.6 Å². The van der Waals surface area contributed by atoms with Gasteiger partial charge in [0.1, 0.15) is 0 Å². The van der Waals surface area contributed by atoms with Crippen LogP contribution in [0.1, 0.15) is 32.1 Å². The van der Waals surface area contributed by atoms with Crippen molar-refractivity contribution in [1.82, 2.24) is 10.6 Å². The molecule has 1 saturated heterocycles. The molecule has 1 aliphatic carbocycles. The Kier molecular flexibility index (Phi) is 5.26. The van der Waals surface area contributed by atoms with Gasteiger partial charge in [-0.05, 0) is 50.6 Å². The molecule has 1 saturated carbocycles. The first-order chi connectivity index (χ1) is 8.34. The average molecular weight is 240 g/mol. The van der Waals surface area contributed by atoms with Crippen LogP contribution in [-0.4, -0.2) is 38.8 Å². The fraction of sp³-hybridized carbons (Fsp3) is 0.923. The van der Waals surface area contributed by atoms with Crippen molar-refractivity contribution in [2.45, 2.75) is 32.1 Å². The maximum Gasteiger partial charge on any atom is 0.220 e. The van der Waals surface area contributed by atoms with Crippen LogP contribution < -0.4 is 10.6 Å². The molecule has 1 aliphatic heterocycles. The molecule has 98 valence electrons. The number of amides is 1. The third-order valence-corrected chi connectivity index (χ3v) is 3.56. The average Bonchev–Trinajstić information content (AvgIpc) is 3.00. The standard InChI is InChI=1S/C13H24N2O2/c16-13(4-3-11-5-6-14-9-11)15-7-8-17-10-12-1-2-12/h11-12,14H,1-10H2,(H,15,16). The van der Waals surface area contributed by atoms with E-state index in [0.717, 1.165) is 32.0 Å². The van der Waals surface area contributed by atoms with E-state index in [1.165, 1.54) is 19.3 Å². The Hall–Kier alpha value is -0.610. The molecule has 0 aromatic rings. The highest BCUT2D eigenvalue weighted by Gasteiger charge is 2.20. The SMILES string of the molecule is O=C(CCC1CCNC1)NCCOCC1CC1. The maximum absolute atomic E-state index is 11.5. The molecule has 2 rings (SSSR count). The molecule has 1 amide bonds. The summed E-state index contributed by atoms with van der Waals surface area (Å²) < 4.78 is 5.46. The third kappa shape index (κ3) is 5.50. The van der Waals surface area contributed by atoms with Crippen molar-refractivity contribution in [2.24, 2.45) is 11.8 Å². The summed E-state index contributed by atoms with van der Waals surface area (Å²) in [6.07, 6.45) is 5.54. The second-order valence-corrected chi connectivity index (χ2v) is 5.27. The zero-order valence-electron chi connectivity index (χ0n) is 10.5. The number of carbonyl (C=O) groups is 1. The minimum absolute atomic E-state index is 0.173. The number of rotatable bonds is 8. The van der Waals surface area contributed by atoms with E-state index < -0.39 is 0 Å². The zero-order valence-corrected chi connectivity index (χ0v) is 10.5. The van der Waals surface area contributed by atoms with Gasteiger partial charge in [0.2, 0.25) is 5.91 Å². The molecule has 0 aromatic heterocycles. The molecule has 1 atom stereocenters. The van der Waals surface area contributed by atoms with Crippen LogP contribution in [-0.2, 0) is 9.53 Å². The summed E-state index contributed by atoms with van der Waals surface area (Å²) in [5, 5.41) is 6.24. The molecule has 2 N–H and O–H groups in total. The highest BCUT2D eigenvalue weighted by Crippen LogP contribution is 2.28. The fourth-order valence-electron chi connectivity index (χ4n) is 2.18. The number of hydrogen-bond donors (Lipinski definition) is 2. The van der Waals surface area contributed by atoms with Crippen molar-refractivity contribution in [1.29, 1.82) is 0 Å². The molecule has 0 aromatic carbocycles. The summed E-state index contributed by atoms with van der Waals surface area (Å²) in [5.74, 6) is 1.68. The smallest absolute Gasteiger partial charge is 0.220 e. The van der Waals surface area contributed by atoms with Gasteiger partial charge in [-0.1, -0.05) is 0 Å². The summed E-state index contributed by atoms with van der Waals surface area (Å²) in [5.41, 5.74) is 0. The summed E-state index contributed by atoms with van der Waals surface area (Å²) in [7, 11) is 0. The summed E-state index contributed by atoms with van der Waals surface area (Å²) in [4.78, 5) is 11.5. The number of ether oxygens (including phenoxy) is 1. The highest BCUT2D eigenvalue weighted by molar-refractivity contribution is 5.75. The Morgan fingerprint density at radius 1 is 1.29 bits per heavy atom. The topological polar surface area (TPSA) is 50.4 Å². The van der Waals surface area contributed by atoms with Crippen LogP contribution in [0.4, 0.5) is 0 Å². The highest BCUT2D eigenvalue weighted by atomic mass is 16.5. The minimum atomic E-state index is 0.173. The predicted molar refractivity (Wildman–Crippen MR) is 66.8 cm³/mol. The first-order valence-electron chi connectivity index (χ1n) is 6.90. The maximum atomic E-state index is 11.5. The molecule has 4 nitrogen and oxygen atoms in total. The van der Waals surface area contributed by atoms with Gasteiger partial charge in [-0.2, -0.15) is 0 Å². The predicted octanol–water partition coefficient (Wildman–Crippen LogP) is 0.919. The summed E-state index contributed by atoms with van der Waals surface area (Å²) in [6, 6.07) is 0. The van der Waals surface area contributed by atoms with Gasteiger partial charge < -0.3 is 15.4 Å². The van der Waals surface area contributed by atoms with Gasteiger partial charge in [-0.15, -0.1) is 0 Å². The van der Waals surface area contributed by atoms with Crippen LogP contribution in [0.25, 0.3) is 0 Å². The molecular weight excluding hydrogens is 216 g/mol. The molecule has 1 heterocycles. The molecule has 0 spiro atoms. The van der Waals surface area contributed by atoms with Gasteiger partial charge in [-0.25, -0.2) is 0 Å². The molecule has 1 unspecified atom stereocenters. The first kappa shape index (κ1) is 12.8. The van der Waals surface area contributed by atoms with E-state index in [1.54, 1.807) is 0 Å². The number of nitrogens with one attached hydrogen (secondary N) is 2. The van der Waals surface area contributed by atoms with Crippen LogP contribution >= 0.6 is 0 Å². The van der Waals surface area contributed by atoms with E-state index in [1.807, 2.05) is 0 Å². The van der Waals surface area contributed by atoms with Gasteiger partial charge >= 0.3 is 0 Å². The molecule has 0 radical (unpaired) electrons. The second kappa shape index (κ2) is 6.97. The van der Waals surface area contributed by atoms with Crippen molar-refractivity contribution < 1.29 is 9.53 Å². The van der Waals surface area contributed by atoms with Gasteiger partial charge in [0.05, 0.1) is 6.61 Å². The van der Waals surface area contributed by atoms with Gasteiger partial charge in [0.25, 0.3) is 0 Å². The van der Waals surface area contributed by atoms with E-state index in [2.05, 4.69) is 10.6 Å². The van der Waals surface area contributed by atoms with Crippen molar-refractivity contribution in [2.75, 3.05) is 32.8 Å². The lowest BCUT2D eigenvalue weighted by Gasteiger charge is -2.08. The quantitative estimate of drug-likeness (QED) is 0.620. The van der Waals surface area contributed by atoms with Gasteiger partial charge in [-0.3, -0.25) is 4.79 Å². The normalized spacial score (nSPS) is 23.9. The lowest BCUT2D eigenvalue weighted by Crippen LogP contribution is -2.27. The lowest BCUT2D eigenvalue weighted by atomic mass is 10.0. The van der Waals surface area contributed by atoms with Crippen LogP contribution in [0.5, 0.6) is 0 Å². The van der Waals surface area contributed by atoms with Crippen LogP contribution in [0.3, 0.4) is 0 Å². The summed E-state index contributed by atoms with van der Waals surface area (Å²) >= 11 is 0. The third-order valence-electron chi connectivity index (χ3n) is 3.56. The molecule has 17 heavy (non-hydrogen) atoms. The lowest BCUT2D eigenvalue weighted by molar-refractivity contribution is -0.121. The van der Waals surface area contributed by atoms with Crippen LogP contribution in [0, 0.1) is 11.8 Å². The Labute approximate surface area is 103 Å². The monoisotopic (exact) mass is 240 g/mol. The van der Waals surface area contributed by atoms with Crippen molar-refractivity contribution >= 4 is 5.91 Å². The number of hydrogen-bond acceptors (Lipinski definition) is 3. The Bertz CT molecular complexity index is 236. The molecular formula is C13H24N2O2. The van der Waals surface area contributed by atoms with E-state index >= 15 is 0 Å². The van der Waals surface area contributed by atoms with E-state index in [9.17, 15) is 4.79 Å². The molecule has 4 heteroatoms. The molecule has 2 aliphatic rings. The first-order valence-corrected chi connectivity index (χ1v) is 6.90. The zero-order chi connectivity index (χ0) is 11.9. The van der Waals surface area contributed by atoms with Crippen LogP contribution in [0.15, 0.2) is 0 Å². The number of carbonyl (C=O) groups excluding carboxylic acids is 1. The van der Waals surface area contributed by atoms with Crippen molar-refractivity contribution in [3.63, 3.8) is 0 Å². The largest absolute Gasteiger partial charge is 0.379 e. The van der Waals surface area contributed by atoms with Crippen molar-refractivity contribution in [3.8, 4) is 0 Å². The van der Waals surface area contributed by atoms with E-state index in [0.29, 0.717) is 25.5 Å². The van der Waals surface area contributed by atoms with Crippen molar-refractivity contribution in [3.05, 3.63) is 0 Å². The molecule has 0 bridgehead atoms. The Morgan fingerprint density at radius 2 is 2.18 bits per heavy atom. The van der Waals surface area contributed by atoms with Gasteiger partial charge in [0.15, 0.2) is 0 Å². The molecule has 2 fully saturated rings. The minimum Gasteiger partial charge on any atom is -0.379 e. The second-order valence-electron chi connectivity index (χ2n) is 5.27. The summed E-state index contributed by atoms with van der Waals surface area (Å²) in [6.45, 7) is 4.39. The van der Waals surface area contributed by atoms with Crippen LogP contribution in [0.2, 0.25) is 0 Å². The van der Waals surface area contributed by atoms with E-state index in [-0.39, 0.29) is 5.91 Å². The Morgan fingerprint density at radius 3 is 2.88 bits per heavy atom. The fourth-order valence-corrected chi connectivity index (χ4v) is 2.18. The Balaban J connectivity index is 1.40.